The second kappa shape index (κ2) is 6.32. The van der Waals surface area contributed by atoms with Crippen LogP contribution in [0.1, 0.15) is 15.5 Å². The highest BCUT2D eigenvalue weighted by Gasteiger charge is 2.19. The Kier molecular flexibility index (Phi) is 4.21. The van der Waals surface area contributed by atoms with E-state index in [-0.39, 0.29) is 17.3 Å². The Morgan fingerprint density at radius 3 is 2.58 bits per heavy atom. The molecule has 1 amide bonds. The van der Waals surface area contributed by atoms with Crippen LogP contribution in [0.2, 0.25) is 0 Å². The second-order valence-corrected chi connectivity index (χ2v) is 6.09. The van der Waals surface area contributed by atoms with Crippen LogP contribution in [0, 0.1) is 18.6 Å². The van der Waals surface area contributed by atoms with E-state index in [0.29, 0.717) is 10.0 Å². The fourth-order valence-corrected chi connectivity index (χ4v) is 2.82. The maximum absolute atomic E-state index is 13.3. The van der Waals surface area contributed by atoms with Gasteiger partial charge >= 0.3 is 0 Å². The Balaban J connectivity index is 1.85. The molecule has 1 aromatic carbocycles. The van der Waals surface area contributed by atoms with Gasteiger partial charge in [0.1, 0.15) is 23.0 Å². The number of rotatable bonds is 4. The summed E-state index contributed by atoms with van der Waals surface area (Å²) < 4.78 is 28.0. The molecule has 0 aliphatic carbocycles. The smallest absolute Gasteiger partial charge is 0.279 e. The summed E-state index contributed by atoms with van der Waals surface area (Å²) in [5.74, 6) is -1.83. The Labute approximate surface area is 139 Å². The first-order chi connectivity index (χ1) is 11.4. The molecule has 2 N–H and O–H groups in total. The monoisotopic (exact) mass is 350 g/mol. The summed E-state index contributed by atoms with van der Waals surface area (Å²) in [6, 6.07) is 3.02. The van der Waals surface area contributed by atoms with Crippen molar-refractivity contribution in [3.8, 4) is 0 Å². The molecule has 2 heterocycles. The second-order valence-electron chi connectivity index (χ2n) is 4.89. The number of halogens is 2. The van der Waals surface area contributed by atoms with Gasteiger partial charge in [-0.1, -0.05) is 0 Å². The standard InChI is InChI=1S/C14H12F2N6OS/c1-7-18-11(12(23)20-14-17-6-22(2)21-14)13(24-7)19-10-4-8(15)3-9(16)5-10/h3-6,19H,1-2H3,(H,20,21,23). The van der Waals surface area contributed by atoms with E-state index in [1.54, 1.807) is 14.0 Å². The van der Waals surface area contributed by atoms with E-state index in [1.807, 2.05) is 0 Å². The molecule has 124 valence electrons. The van der Waals surface area contributed by atoms with Crippen molar-refractivity contribution in [1.29, 1.82) is 0 Å². The number of nitrogens with zero attached hydrogens (tertiary/aromatic N) is 4. The van der Waals surface area contributed by atoms with Crippen molar-refractivity contribution in [2.24, 2.45) is 7.05 Å². The van der Waals surface area contributed by atoms with Gasteiger partial charge in [-0.25, -0.2) is 18.7 Å². The lowest BCUT2D eigenvalue weighted by Gasteiger charge is -2.06. The van der Waals surface area contributed by atoms with Gasteiger partial charge in [0, 0.05) is 18.8 Å². The molecule has 3 rings (SSSR count). The fourth-order valence-electron chi connectivity index (χ4n) is 1.98. The van der Waals surface area contributed by atoms with Gasteiger partial charge in [0.2, 0.25) is 5.95 Å². The molecule has 0 saturated carbocycles. The van der Waals surface area contributed by atoms with Gasteiger partial charge < -0.3 is 5.32 Å². The topological polar surface area (TPSA) is 84.7 Å². The van der Waals surface area contributed by atoms with Crippen LogP contribution in [0.15, 0.2) is 24.5 Å². The first-order valence-corrected chi connectivity index (χ1v) is 7.60. The summed E-state index contributed by atoms with van der Waals surface area (Å²) >= 11 is 1.19. The Hall–Kier alpha value is -2.88. The quantitative estimate of drug-likeness (QED) is 0.756. The molecule has 24 heavy (non-hydrogen) atoms. The van der Waals surface area contributed by atoms with Crippen LogP contribution in [0.3, 0.4) is 0 Å². The van der Waals surface area contributed by atoms with E-state index in [4.69, 9.17) is 0 Å². The Morgan fingerprint density at radius 2 is 1.96 bits per heavy atom. The molecule has 10 heteroatoms. The normalized spacial score (nSPS) is 10.7. The lowest BCUT2D eigenvalue weighted by atomic mass is 10.3. The van der Waals surface area contributed by atoms with Crippen molar-refractivity contribution in [2.75, 3.05) is 10.6 Å². The predicted octanol–water partition coefficient (Wildman–Crippen LogP) is 2.85. The third kappa shape index (κ3) is 3.54. The summed E-state index contributed by atoms with van der Waals surface area (Å²) in [6.07, 6.45) is 1.44. The highest BCUT2D eigenvalue weighted by atomic mass is 32.1. The fraction of sp³-hybridized carbons (Fsp3) is 0.143. The van der Waals surface area contributed by atoms with Crippen LogP contribution in [0.25, 0.3) is 0 Å². The molecule has 0 spiro atoms. The zero-order valence-electron chi connectivity index (χ0n) is 12.7. The lowest BCUT2D eigenvalue weighted by molar-refractivity contribution is 0.102. The molecular formula is C14H12F2N6OS. The minimum atomic E-state index is -0.720. The number of thiazole rings is 1. The van der Waals surface area contributed by atoms with E-state index >= 15 is 0 Å². The zero-order valence-corrected chi connectivity index (χ0v) is 13.5. The molecule has 0 fully saturated rings. The molecule has 0 aliphatic heterocycles. The van der Waals surface area contributed by atoms with Gasteiger partial charge in [-0.2, -0.15) is 0 Å². The summed E-state index contributed by atoms with van der Waals surface area (Å²) in [6.45, 7) is 1.72. The van der Waals surface area contributed by atoms with Gasteiger partial charge in [0.15, 0.2) is 5.69 Å². The summed E-state index contributed by atoms with van der Waals surface area (Å²) in [5, 5.41) is 10.3. The molecule has 2 aromatic heterocycles. The van der Waals surface area contributed by atoms with Crippen LogP contribution in [-0.4, -0.2) is 25.7 Å². The van der Waals surface area contributed by atoms with Crippen molar-refractivity contribution in [3.05, 3.63) is 46.9 Å². The van der Waals surface area contributed by atoms with Gasteiger partial charge in [-0.3, -0.25) is 14.8 Å². The average molecular weight is 350 g/mol. The van der Waals surface area contributed by atoms with Gasteiger partial charge in [-0.15, -0.1) is 16.4 Å². The van der Waals surface area contributed by atoms with Gasteiger partial charge in [-0.05, 0) is 19.1 Å². The molecule has 0 bridgehead atoms. The number of hydrogen-bond donors (Lipinski definition) is 2. The molecule has 7 nitrogen and oxygen atoms in total. The molecule has 0 radical (unpaired) electrons. The number of anilines is 3. The number of carbonyl (C=O) groups is 1. The van der Waals surface area contributed by atoms with Crippen molar-refractivity contribution in [2.45, 2.75) is 6.92 Å². The van der Waals surface area contributed by atoms with Crippen LogP contribution in [0.5, 0.6) is 0 Å². The number of aromatic nitrogens is 4. The summed E-state index contributed by atoms with van der Waals surface area (Å²) in [5.41, 5.74) is 0.274. The van der Waals surface area contributed by atoms with E-state index in [1.165, 1.54) is 22.3 Å². The van der Waals surface area contributed by atoms with Crippen molar-refractivity contribution >= 4 is 33.9 Å². The highest BCUT2D eigenvalue weighted by Crippen LogP contribution is 2.29. The van der Waals surface area contributed by atoms with Gasteiger partial charge in [0.05, 0.1) is 5.01 Å². The van der Waals surface area contributed by atoms with Crippen molar-refractivity contribution in [3.63, 3.8) is 0 Å². The molecule has 0 unspecified atom stereocenters. The molecule has 3 aromatic rings. The van der Waals surface area contributed by atoms with Crippen molar-refractivity contribution in [1.82, 2.24) is 19.7 Å². The van der Waals surface area contributed by atoms with Crippen LogP contribution in [0.4, 0.5) is 25.4 Å². The minimum Gasteiger partial charge on any atom is -0.345 e. The van der Waals surface area contributed by atoms with E-state index in [2.05, 4.69) is 25.7 Å². The van der Waals surface area contributed by atoms with E-state index < -0.39 is 17.5 Å². The van der Waals surface area contributed by atoms with Gasteiger partial charge in [0.25, 0.3) is 5.91 Å². The first-order valence-electron chi connectivity index (χ1n) is 6.78. The maximum atomic E-state index is 13.3. The number of hydrogen-bond acceptors (Lipinski definition) is 6. The van der Waals surface area contributed by atoms with Crippen molar-refractivity contribution < 1.29 is 13.6 Å². The van der Waals surface area contributed by atoms with Crippen LogP contribution in [-0.2, 0) is 7.05 Å². The van der Waals surface area contributed by atoms with Crippen LogP contribution < -0.4 is 10.6 Å². The number of benzene rings is 1. The number of carbonyl (C=O) groups excluding carboxylic acids is 1. The SMILES string of the molecule is Cc1nc(C(=O)Nc2ncn(C)n2)c(Nc2cc(F)cc(F)c2)s1. The Morgan fingerprint density at radius 1 is 1.25 bits per heavy atom. The zero-order chi connectivity index (χ0) is 17.3. The lowest BCUT2D eigenvalue weighted by Crippen LogP contribution is -2.15. The number of amides is 1. The molecule has 0 aliphatic rings. The Bertz CT molecular complexity index is 886. The maximum Gasteiger partial charge on any atom is 0.279 e. The number of nitrogens with one attached hydrogen (secondary N) is 2. The third-order valence-electron chi connectivity index (χ3n) is 2.89. The minimum absolute atomic E-state index is 0.0922. The summed E-state index contributed by atoms with van der Waals surface area (Å²) in [4.78, 5) is 20.4. The largest absolute Gasteiger partial charge is 0.345 e. The predicted molar refractivity (Wildman–Crippen MR) is 85.4 cm³/mol. The average Bonchev–Trinajstić information content (AvgIpc) is 3.03. The molecule has 0 saturated heterocycles. The summed E-state index contributed by atoms with van der Waals surface area (Å²) in [7, 11) is 1.67. The molecular weight excluding hydrogens is 338 g/mol. The van der Waals surface area contributed by atoms with E-state index in [0.717, 1.165) is 18.2 Å². The third-order valence-corrected chi connectivity index (χ3v) is 3.78. The number of aryl methyl sites for hydroxylation is 2. The van der Waals surface area contributed by atoms with E-state index in [9.17, 15) is 13.6 Å². The highest BCUT2D eigenvalue weighted by molar-refractivity contribution is 7.16. The van der Waals surface area contributed by atoms with Crippen LogP contribution >= 0.6 is 11.3 Å². The molecule has 0 atom stereocenters. The first kappa shape index (κ1) is 16.0.